The van der Waals surface area contributed by atoms with E-state index in [0.717, 1.165) is 0 Å². The predicted molar refractivity (Wildman–Crippen MR) is 69.4 cm³/mol. The number of aromatic nitrogens is 2. The Morgan fingerprint density at radius 2 is 1.89 bits per heavy atom. The van der Waals surface area contributed by atoms with Crippen LogP contribution in [0.4, 0.5) is 5.82 Å². The molecule has 1 heterocycles. The first-order valence-electron chi connectivity index (χ1n) is 5.65. The first kappa shape index (κ1) is 12.7. The van der Waals surface area contributed by atoms with E-state index >= 15 is 0 Å². The Kier molecular flexibility index (Phi) is 4.17. The van der Waals surface area contributed by atoms with Crippen LogP contribution in [0, 0.1) is 0 Å². The van der Waals surface area contributed by atoms with Crippen LogP contribution in [0.5, 0.6) is 0 Å². The third-order valence-corrected chi connectivity index (χ3v) is 2.29. The zero-order valence-corrected chi connectivity index (χ0v) is 10.0. The SMILES string of the molecule is O=C(CNC(=O)c1ccccc1)Nc1ccncn1. The van der Waals surface area contributed by atoms with Crippen LogP contribution in [0.2, 0.25) is 0 Å². The lowest BCUT2D eigenvalue weighted by Gasteiger charge is -2.05. The Balaban J connectivity index is 1.83. The van der Waals surface area contributed by atoms with Gasteiger partial charge in [-0.3, -0.25) is 9.59 Å². The number of hydrogen-bond donors (Lipinski definition) is 2. The molecule has 2 amide bonds. The minimum Gasteiger partial charge on any atom is -0.343 e. The van der Waals surface area contributed by atoms with Gasteiger partial charge in [-0.2, -0.15) is 0 Å². The molecule has 0 unspecified atom stereocenters. The molecule has 6 nitrogen and oxygen atoms in total. The highest BCUT2D eigenvalue weighted by molar-refractivity contribution is 5.98. The first-order valence-corrected chi connectivity index (χ1v) is 5.65. The van der Waals surface area contributed by atoms with E-state index in [9.17, 15) is 9.59 Å². The molecule has 0 saturated heterocycles. The summed E-state index contributed by atoms with van der Waals surface area (Å²) in [5, 5.41) is 5.07. The maximum Gasteiger partial charge on any atom is 0.251 e. The molecule has 0 atom stereocenters. The monoisotopic (exact) mass is 256 g/mol. The van der Waals surface area contributed by atoms with Crippen molar-refractivity contribution < 1.29 is 9.59 Å². The van der Waals surface area contributed by atoms with E-state index in [1.807, 2.05) is 6.07 Å². The Labute approximate surface area is 109 Å². The highest BCUT2D eigenvalue weighted by Crippen LogP contribution is 1.99. The second kappa shape index (κ2) is 6.25. The van der Waals surface area contributed by atoms with Crippen LogP contribution in [-0.2, 0) is 4.79 Å². The zero-order valence-electron chi connectivity index (χ0n) is 10.0. The van der Waals surface area contributed by atoms with Gasteiger partial charge in [-0.05, 0) is 18.2 Å². The van der Waals surface area contributed by atoms with E-state index in [2.05, 4.69) is 20.6 Å². The van der Waals surface area contributed by atoms with Crippen LogP contribution in [0.25, 0.3) is 0 Å². The van der Waals surface area contributed by atoms with Gasteiger partial charge in [0.1, 0.15) is 12.1 Å². The summed E-state index contributed by atoms with van der Waals surface area (Å²) in [6.07, 6.45) is 2.85. The third kappa shape index (κ3) is 3.88. The summed E-state index contributed by atoms with van der Waals surface area (Å²) >= 11 is 0. The Morgan fingerprint density at radius 3 is 2.58 bits per heavy atom. The van der Waals surface area contributed by atoms with Crippen LogP contribution in [-0.4, -0.2) is 28.3 Å². The Hall–Kier alpha value is -2.76. The van der Waals surface area contributed by atoms with Gasteiger partial charge < -0.3 is 10.6 Å². The van der Waals surface area contributed by atoms with Crippen molar-refractivity contribution in [2.75, 3.05) is 11.9 Å². The average molecular weight is 256 g/mol. The minimum atomic E-state index is -0.344. The Morgan fingerprint density at radius 1 is 1.11 bits per heavy atom. The molecule has 19 heavy (non-hydrogen) atoms. The molecule has 2 rings (SSSR count). The average Bonchev–Trinajstić information content (AvgIpc) is 2.47. The van der Waals surface area contributed by atoms with Crippen molar-refractivity contribution in [3.63, 3.8) is 0 Å². The molecule has 1 aromatic carbocycles. The van der Waals surface area contributed by atoms with E-state index in [0.29, 0.717) is 11.4 Å². The fourth-order valence-electron chi connectivity index (χ4n) is 1.40. The standard InChI is InChI=1S/C13H12N4O2/c18-12(17-11-6-7-14-9-16-11)8-15-13(19)10-4-2-1-3-5-10/h1-7,9H,8H2,(H,15,19)(H,14,16,17,18). The van der Waals surface area contributed by atoms with E-state index in [1.54, 1.807) is 30.3 Å². The maximum atomic E-state index is 11.7. The molecule has 0 bridgehead atoms. The molecule has 96 valence electrons. The Bertz CT molecular complexity index is 557. The molecule has 0 aliphatic rings. The lowest BCUT2D eigenvalue weighted by Crippen LogP contribution is -2.33. The quantitative estimate of drug-likeness (QED) is 0.849. The van der Waals surface area contributed by atoms with Gasteiger partial charge in [0.2, 0.25) is 5.91 Å². The van der Waals surface area contributed by atoms with Crippen molar-refractivity contribution >= 4 is 17.6 Å². The lowest BCUT2D eigenvalue weighted by atomic mass is 10.2. The number of rotatable bonds is 4. The summed E-state index contributed by atoms with van der Waals surface area (Å²) in [6, 6.07) is 10.3. The van der Waals surface area contributed by atoms with Crippen LogP contribution in [0.3, 0.4) is 0 Å². The molecule has 0 saturated carbocycles. The second-order valence-corrected chi connectivity index (χ2v) is 3.69. The van der Waals surface area contributed by atoms with Gasteiger partial charge in [0.05, 0.1) is 6.54 Å². The summed E-state index contributed by atoms with van der Waals surface area (Å²) in [6.45, 7) is -0.113. The van der Waals surface area contributed by atoms with Gasteiger partial charge in [0, 0.05) is 11.8 Å². The van der Waals surface area contributed by atoms with Crippen molar-refractivity contribution in [1.82, 2.24) is 15.3 Å². The molecular formula is C13H12N4O2. The van der Waals surface area contributed by atoms with Gasteiger partial charge in [-0.15, -0.1) is 0 Å². The minimum absolute atomic E-state index is 0.113. The van der Waals surface area contributed by atoms with Gasteiger partial charge in [-0.25, -0.2) is 9.97 Å². The van der Waals surface area contributed by atoms with Crippen LogP contribution in [0.1, 0.15) is 10.4 Å². The van der Waals surface area contributed by atoms with E-state index in [1.165, 1.54) is 12.5 Å². The third-order valence-electron chi connectivity index (χ3n) is 2.29. The van der Waals surface area contributed by atoms with Crippen molar-refractivity contribution in [3.8, 4) is 0 Å². The number of nitrogens with one attached hydrogen (secondary N) is 2. The van der Waals surface area contributed by atoms with Crippen molar-refractivity contribution in [2.24, 2.45) is 0 Å². The first-order chi connectivity index (χ1) is 9.25. The van der Waals surface area contributed by atoms with Crippen molar-refractivity contribution in [2.45, 2.75) is 0 Å². The molecular weight excluding hydrogens is 244 g/mol. The number of hydrogen-bond acceptors (Lipinski definition) is 4. The fraction of sp³-hybridized carbons (Fsp3) is 0.0769. The van der Waals surface area contributed by atoms with Crippen molar-refractivity contribution in [3.05, 3.63) is 54.5 Å². The molecule has 1 aromatic heterocycles. The maximum absolute atomic E-state index is 11.7. The number of carbonyl (C=O) groups excluding carboxylic acids is 2. The van der Waals surface area contributed by atoms with E-state index in [-0.39, 0.29) is 18.4 Å². The summed E-state index contributed by atoms with van der Waals surface area (Å²) in [5.74, 6) is -0.240. The summed E-state index contributed by atoms with van der Waals surface area (Å²) < 4.78 is 0. The highest BCUT2D eigenvalue weighted by atomic mass is 16.2. The summed E-state index contributed by atoms with van der Waals surface area (Å²) in [7, 11) is 0. The normalized spacial score (nSPS) is 9.68. The molecule has 2 N–H and O–H groups in total. The van der Waals surface area contributed by atoms with Crippen LogP contribution in [0.15, 0.2) is 48.9 Å². The smallest absolute Gasteiger partial charge is 0.251 e. The molecule has 2 aromatic rings. The van der Waals surface area contributed by atoms with Crippen LogP contribution < -0.4 is 10.6 Å². The number of benzene rings is 1. The van der Waals surface area contributed by atoms with Crippen molar-refractivity contribution in [1.29, 1.82) is 0 Å². The number of amides is 2. The molecule has 0 fully saturated rings. The van der Waals surface area contributed by atoms with Crippen LogP contribution >= 0.6 is 0 Å². The number of carbonyl (C=O) groups is 2. The van der Waals surface area contributed by atoms with Gasteiger partial charge in [0.15, 0.2) is 0 Å². The van der Waals surface area contributed by atoms with E-state index < -0.39 is 0 Å². The van der Waals surface area contributed by atoms with Gasteiger partial charge >= 0.3 is 0 Å². The number of nitrogens with zero attached hydrogens (tertiary/aromatic N) is 2. The summed E-state index contributed by atoms with van der Waals surface area (Å²) in [4.78, 5) is 30.8. The molecule has 0 radical (unpaired) electrons. The number of anilines is 1. The highest BCUT2D eigenvalue weighted by Gasteiger charge is 2.07. The van der Waals surface area contributed by atoms with E-state index in [4.69, 9.17) is 0 Å². The predicted octanol–water partition coefficient (Wildman–Crippen LogP) is 0.845. The molecule has 0 spiro atoms. The lowest BCUT2D eigenvalue weighted by molar-refractivity contribution is -0.115. The van der Waals surface area contributed by atoms with Gasteiger partial charge in [-0.1, -0.05) is 18.2 Å². The zero-order chi connectivity index (χ0) is 13.5. The molecule has 0 aliphatic carbocycles. The topological polar surface area (TPSA) is 84.0 Å². The molecule has 0 aliphatic heterocycles. The largest absolute Gasteiger partial charge is 0.343 e. The fourth-order valence-corrected chi connectivity index (χ4v) is 1.40. The summed E-state index contributed by atoms with van der Waals surface area (Å²) in [5.41, 5.74) is 0.511. The van der Waals surface area contributed by atoms with Gasteiger partial charge in [0.25, 0.3) is 5.91 Å². The molecule has 6 heteroatoms. The second-order valence-electron chi connectivity index (χ2n) is 3.69.